The standard InChI is InChI=1S/C16H30N2O2/c1-12(13-7-8-13)18(9-10-20-2)16(19)15-6-4-3-5-14(15)11-17/h12-15H,3-11,17H2,1-2H3. The smallest absolute Gasteiger partial charge is 0.226 e. The van der Waals surface area contributed by atoms with Crippen molar-refractivity contribution in [2.45, 2.75) is 51.5 Å². The lowest BCUT2D eigenvalue weighted by atomic mass is 9.78. The zero-order valence-corrected chi connectivity index (χ0v) is 13.0. The third-order valence-electron chi connectivity index (χ3n) is 5.14. The van der Waals surface area contributed by atoms with Gasteiger partial charge in [0, 0.05) is 25.6 Å². The van der Waals surface area contributed by atoms with Gasteiger partial charge in [0.25, 0.3) is 0 Å². The van der Waals surface area contributed by atoms with Gasteiger partial charge in [-0.3, -0.25) is 4.79 Å². The van der Waals surface area contributed by atoms with E-state index in [2.05, 4.69) is 11.8 Å². The van der Waals surface area contributed by atoms with Crippen LogP contribution in [0.1, 0.15) is 45.4 Å². The van der Waals surface area contributed by atoms with Crippen molar-refractivity contribution in [2.75, 3.05) is 26.8 Å². The minimum Gasteiger partial charge on any atom is -0.383 e. The molecule has 1 amide bonds. The summed E-state index contributed by atoms with van der Waals surface area (Å²) >= 11 is 0. The first-order valence-corrected chi connectivity index (χ1v) is 8.18. The van der Waals surface area contributed by atoms with Gasteiger partial charge in [-0.1, -0.05) is 12.8 Å². The second-order valence-corrected chi connectivity index (χ2v) is 6.49. The normalized spacial score (nSPS) is 28.1. The molecule has 0 radical (unpaired) electrons. The third kappa shape index (κ3) is 3.73. The molecule has 4 nitrogen and oxygen atoms in total. The second kappa shape index (κ2) is 7.41. The Labute approximate surface area is 123 Å². The number of nitrogens with two attached hydrogens (primary N) is 1. The lowest BCUT2D eigenvalue weighted by Crippen LogP contribution is -2.48. The van der Waals surface area contributed by atoms with E-state index in [0.29, 0.717) is 36.9 Å². The van der Waals surface area contributed by atoms with Gasteiger partial charge in [-0.05, 0) is 51.0 Å². The average Bonchev–Trinajstić information content (AvgIpc) is 3.31. The molecule has 2 aliphatic carbocycles. The van der Waals surface area contributed by atoms with Crippen LogP contribution in [0.25, 0.3) is 0 Å². The lowest BCUT2D eigenvalue weighted by molar-refractivity contribution is -0.141. The first-order valence-electron chi connectivity index (χ1n) is 8.18. The monoisotopic (exact) mass is 282 g/mol. The number of ether oxygens (including phenoxy) is 1. The fraction of sp³-hybridized carbons (Fsp3) is 0.938. The van der Waals surface area contributed by atoms with Gasteiger partial charge in [-0.2, -0.15) is 0 Å². The molecule has 2 fully saturated rings. The molecule has 0 aliphatic heterocycles. The molecule has 0 saturated heterocycles. The molecule has 0 bridgehead atoms. The Kier molecular flexibility index (Phi) is 5.85. The Morgan fingerprint density at radius 1 is 1.30 bits per heavy atom. The van der Waals surface area contributed by atoms with E-state index >= 15 is 0 Å². The predicted molar refractivity (Wildman–Crippen MR) is 80.3 cm³/mol. The van der Waals surface area contributed by atoms with E-state index in [1.165, 1.54) is 25.7 Å². The summed E-state index contributed by atoms with van der Waals surface area (Å²) in [6.07, 6.45) is 7.06. The van der Waals surface area contributed by atoms with E-state index in [1.807, 2.05) is 0 Å². The zero-order chi connectivity index (χ0) is 14.5. The summed E-state index contributed by atoms with van der Waals surface area (Å²) in [5.74, 6) is 1.56. The summed E-state index contributed by atoms with van der Waals surface area (Å²) in [5.41, 5.74) is 5.88. The van der Waals surface area contributed by atoms with E-state index in [1.54, 1.807) is 7.11 Å². The van der Waals surface area contributed by atoms with Crippen LogP contribution in [0.15, 0.2) is 0 Å². The van der Waals surface area contributed by atoms with Crippen LogP contribution in [0.3, 0.4) is 0 Å². The predicted octanol–water partition coefficient (Wildman–Crippen LogP) is 2.02. The van der Waals surface area contributed by atoms with E-state index in [-0.39, 0.29) is 5.92 Å². The Morgan fingerprint density at radius 3 is 2.60 bits per heavy atom. The molecule has 20 heavy (non-hydrogen) atoms. The first-order chi connectivity index (χ1) is 9.69. The van der Waals surface area contributed by atoms with E-state index in [9.17, 15) is 4.79 Å². The van der Waals surface area contributed by atoms with Crippen molar-refractivity contribution in [3.63, 3.8) is 0 Å². The van der Waals surface area contributed by atoms with Gasteiger partial charge >= 0.3 is 0 Å². The molecule has 3 atom stereocenters. The summed E-state index contributed by atoms with van der Waals surface area (Å²) in [6, 6.07) is 0.359. The molecule has 0 aromatic heterocycles. The highest BCUT2D eigenvalue weighted by Crippen LogP contribution is 2.37. The number of carbonyl (C=O) groups is 1. The number of rotatable bonds is 7. The number of methoxy groups -OCH3 is 1. The molecular formula is C16H30N2O2. The van der Waals surface area contributed by atoms with Crippen molar-refractivity contribution >= 4 is 5.91 Å². The Morgan fingerprint density at radius 2 is 2.00 bits per heavy atom. The third-order valence-corrected chi connectivity index (χ3v) is 5.14. The van der Waals surface area contributed by atoms with Crippen LogP contribution in [0, 0.1) is 17.8 Å². The van der Waals surface area contributed by atoms with Crippen molar-refractivity contribution < 1.29 is 9.53 Å². The Bertz CT molecular complexity index is 318. The second-order valence-electron chi connectivity index (χ2n) is 6.49. The molecule has 116 valence electrons. The topological polar surface area (TPSA) is 55.6 Å². The van der Waals surface area contributed by atoms with Crippen molar-refractivity contribution in [1.29, 1.82) is 0 Å². The van der Waals surface area contributed by atoms with Crippen molar-refractivity contribution in [3.8, 4) is 0 Å². The van der Waals surface area contributed by atoms with Crippen LogP contribution < -0.4 is 5.73 Å². The minimum absolute atomic E-state index is 0.145. The molecule has 3 unspecified atom stereocenters. The largest absolute Gasteiger partial charge is 0.383 e. The highest BCUT2D eigenvalue weighted by atomic mass is 16.5. The quantitative estimate of drug-likeness (QED) is 0.777. The Balaban J connectivity index is 2.03. The van der Waals surface area contributed by atoms with Crippen LogP contribution in [0.2, 0.25) is 0 Å². The fourth-order valence-electron chi connectivity index (χ4n) is 3.57. The lowest BCUT2D eigenvalue weighted by Gasteiger charge is -2.37. The van der Waals surface area contributed by atoms with Gasteiger partial charge in [0.1, 0.15) is 0 Å². The fourth-order valence-corrected chi connectivity index (χ4v) is 3.57. The average molecular weight is 282 g/mol. The van der Waals surface area contributed by atoms with Gasteiger partial charge in [0.05, 0.1) is 6.61 Å². The maximum atomic E-state index is 13.0. The first kappa shape index (κ1) is 15.8. The SMILES string of the molecule is COCCN(C(=O)C1CCCCC1CN)C(C)C1CC1. The summed E-state index contributed by atoms with van der Waals surface area (Å²) in [6.45, 7) is 4.20. The molecule has 2 saturated carbocycles. The summed E-state index contributed by atoms with van der Waals surface area (Å²) in [5, 5.41) is 0. The van der Waals surface area contributed by atoms with Gasteiger partial charge in [0.15, 0.2) is 0 Å². The van der Waals surface area contributed by atoms with Gasteiger partial charge in [0.2, 0.25) is 5.91 Å². The molecule has 2 aliphatic rings. The van der Waals surface area contributed by atoms with Crippen molar-refractivity contribution in [2.24, 2.45) is 23.5 Å². The molecule has 2 rings (SSSR count). The molecule has 2 N–H and O–H groups in total. The van der Waals surface area contributed by atoms with E-state index < -0.39 is 0 Å². The number of amides is 1. The zero-order valence-electron chi connectivity index (χ0n) is 13.0. The van der Waals surface area contributed by atoms with Crippen LogP contribution in [0.5, 0.6) is 0 Å². The molecular weight excluding hydrogens is 252 g/mol. The summed E-state index contributed by atoms with van der Waals surface area (Å²) in [4.78, 5) is 15.0. The summed E-state index contributed by atoms with van der Waals surface area (Å²) < 4.78 is 5.19. The highest BCUT2D eigenvalue weighted by Gasteiger charge is 2.38. The molecule has 0 aromatic rings. The molecule has 0 spiro atoms. The maximum Gasteiger partial charge on any atom is 0.226 e. The van der Waals surface area contributed by atoms with Crippen LogP contribution in [-0.2, 0) is 9.53 Å². The molecule has 0 aromatic carbocycles. The van der Waals surface area contributed by atoms with Gasteiger partial charge < -0.3 is 15.4 Å². The summed E-state index contributed by atoms with van der Waals surface area (Å²) in [7, 11) is 1.70. The van der Waals surface area contributed by atoms with Crippen LogP contribution in [-0.4, -0.2) is 43.7 Å². The van der Waals surface area contributed by atoms with E-state index in [0.717, 1.165) is 19.4 Å². The maximum absolute atomic E-state index is 13.0. The van der Waals surface area contributed by atoms with Gasteiger partial charge in [-0.15, -0.1) is 0 Å². The minimum atomic E-state index is 0.145. The highest BCUT2D eigenvalue weighted by molar-refractivity contribution is 5.79. The van der Waals surface area contributed by atoms with Crippen molar-refractivity contribution in [1.82, 2.24) is 4.90 Å². The number of carbonyl (C=O) groups excluding carboxylic acids is 1. The number of hydrogen-bond donors (Lipinski definition) is 1. The number of hydrogen-bond acceptors (Lipinski definition) is 3. The van der Waals surface area contributed by atoms with E-state index in [4.69, 9.17) is 10.5 Å². The molecule has 0 heterocycles. The van der Waals surface area contributed by atoms with Crippen molar-refractivity contribution in [3.05, 3.63) is 0 Å². The number of nitrogens with zero attached hydrogens (tertiary/aromatic N) is 1. The van der Waals surface area contributed by atoms with Gasteiger partial charge in [-0.25, -0.2) is 0 Å². The molecule has 4 heteroatoms. The van der Waals surface area contributed by atoms with Crippen LogP contribution in [0.4, 0.5) is 0 Å². The Hall–Kier alpha value is -0.610. The van der Waals surface area contributed by atoms with Crippen LogP contribution >= 0.6 is 0 Å².